The smallest absolute Gasteiger partial charge is 0.240 e. The van der Waals surface area contributed by atoms with Crippen LogP contribution in [-0.2, 0) is 9.59 Å². The van der Waals surface area contributed by atoms with Crippen LogP contribution in [0, 0.1) is 0 Å². The Bertz CT molecular complexity index is 202. The zero-order chi connectivity index (χ0) is 9.35. The first-order valence-corrected chi connectivity index (χ1v) is 3.97. The topological polar surface area (TPSA) is 49.4 Å². The van der Waals surface area contributed by atoms with Gasteiger partial charge >= 0.3 is 0 Å². The summed E-state index contributed by atoms with van der Waals surface area (Å²) in [7, 11) is 0. The van der Waals surface area contributed by atoms with E-state index in [1.165, 1.54) is 0 Å². The van der Waals surface area contributed by atoms with Crippen molar-refractivity contribution in [3.8, 4) is 0 Å². The number of carbonyl (C=O) groups excluding carboxylic acids is 2. The molecule has 0 aromatic heterocycles. The fourth-order valence-electron chi connectivity index (χ4n) is 1.11. The Morgan fingerprint density at radius 3 is 1.92 bits per heavy atom. The average molecular weight is 170 g/mol. The molecule has 4 heteroatoms. The summed E-state index contributed by atoms with van der Waals surface area (Å²) in [6.07, 6.45) is 0. The first kappa shape index (κ1) is 9.19. The van der Waals surface area contributed by atoms with Crippen molar-refractivity contribution >= 4 is 11.8 Å². The van der Waals surface area contributed by atoms with Gasteiger partial charge in [-0.1, -0.05) is 0 Å². The van der Waals surface area contributed by atoms with Gasteiger partial charge in [0.25, 0.3) is 0 Å². The van der Waals surface area contributed by atoms with Gasteiger partial charge in [0, 0.05) is 5.54 Å². The van der Waals surface area contributed by atoms with Crippen LogP contribution < -0.4 is 5.32 Å². The van der Waals surface area contributed by atoms with E-state index in [1.54, 1.807) is 0 Å². The second-order valence-electron chi connectivity index (χ2n) is 4.00. The van der Waals surface area contributed by atoms with Crippen LogP contribution in [0.4, 0.5) is 0 Å². The Kier molecular flexibility index (Phi) is 2.19. The number of rotatable bonds is 0. The molecule has 0 atom stereocenters. The monoisotopic (exact) mass is 170 g/mol. The summed E-state index contributed by atoms with van der Waals surface area (Å²) < 4.78 is 0. The molecule has 1 fully saturated rings. The number of nitrogens with one attached hydrogen (secondary N) is 1. The largest absolute Gasteiger partial charge is 0.294 e. The molecule has 0 radical (unpaired) electrons. The van der Waals surface area contributed by atoms with E-state index >= 15 is 0 Å². The highest BCUT2D eigenvalue weighted by Gasteiger charge is 2.30. The van der Waals surface area contributed by atoms with Crippen LogP contribution in [0.25, 0.3) is 0 Å². The van der Waals surface area contributed by atoms with Crippen molar-refractivity contribution in [1.82, 2.24) is 10.2 Å². The van der Waals surface area contributed by atoms with Gasteiger partial charge < -0.3 is 0 Å². The number of hydrogen-bond acceptors (Lipinski definition) is 3. The summed E-state index contributed by atoms with van der Waals surface area (Å²) in [5.41, 5.74) is -0.118. The molecule has 0 saturated carbocycles. The highest BCUT2D eigenvalue weighted by atomic mass is 16.2. The van der Waals surface area contributed by atoms with Crippen LogP contribution in [-0.4, -0.2) is 35.3 Å². The molecule has 68 valence electrons. The van der Waals surface area contributed by atoms with Crippen molar-refractivity contribution in [2.24, 2.45) is 0 Å². The van der Waals surface area contributed by atoms with Crippen molar-refractivity contribution in [3.63, 3.8) is 0 Å². The van der Waals surface area contributed by atoms with Crippen LogP contribution in [0.1, 0.15) is 20.8 Å². The molecule has 4 nitrogen and oxygen atoms in total. The third-order valence-corrected chi connectivity index (χ3v) is 1.90. The van der Waals surface area contributed by atoms with E-state index in [2.05, 4.69) is 5.32 Å². The number of amides is 2. The van der Waals surface area contributed by atoms with E-state index in [-0.39, 0.29) is 17.4 Å². The van der Waals surface area contributed by atoms with Gasteiger partial charge in [0.15, 0.2) is 0 Å². The maximum Gasteiger partial charge on any atom is 0.240 e. The van der Waals surface area contributed by atoms with E-state index in [0.717, 1.165) is 0 Å². The predicted octanol–water partition coefficient (Wildman–Crippen LogP) is -0.257. The van der Waals surface area contributed by atoms with Gasteiger partial charge in [0.1, 0.15) is 0 Å². The Morgan fingerprint density at radius 1 is 1.17 bits per heavy atom. The minimum atomic E-state index is -0.207. The van der Waals surface area contributed by atoms with Crippen LogP contribution in [0.2, 0.25) is 0 Å². The Labute approximate surface area is 71.9 Å². The summed E-state index contributed by atoms with van der Waals surface area (Å²) in [5, 5.41) is 2.26. The molecule has 1 saturated heterocycles. The summed E-state index contributed by atoms with van der Waals surface area (Å²) in [6, 6.07) is 0. The lowest BCUT2D eigenvalue weighted by molar-refractivity contribution is -0.138. The molecule has 1 N–H and O–H groups in total. The number of imide groups is 1. The summed E-state index contributed by atoms with van der Waals surface area (Å²) >= 11 is 0. The fourth-order valence-corrected chi connectivity index (χ4v) is 1.11. The highest BCUT2D eigenvalue weighted by molar-refractivity contribution is 5.99. The van der Waals surface area contributed by atoms with E-state index in [1.807, 2.05) is 25.7 Å². The number of nitrogens with zero attached hydrogens (tertiary/aromatic N) is 1. The van der Waals surface area contributed by atoms with E-state index in [0.29, 0.717) is 13.1 Å². The number of carbonyl (C=O) groups is 2. The molecule has 0 aromatic rings. The lowest BCUT2D eigenvalue weighted by Crippen LogP contribution is -2.57. The molecule has 1 aliphatic heterocycles. The third kappa shape index (κ3) is 2.04. The molecule has 1 rings (SSSR count). The second-order valence-corrected chi connectivity index (χ2v) is 4.00. The minimum absolute atomic E-state index is 0.118. The number of piperazine rings is 1. The maximum atomic E-state index is 11.0. The van der Waals surface area contributed by atoms with Gasteiger partial charge in [-0.2, -0.15) is 0 Å². The summed E-state index contributed by atoms with van der Waals surface area (Å²) in [6.45, 7) is 6.58. The molecule has 0 unspecified atom stereocenters. The zero-order valence-corrected chi connectivity index (χ0v) is 7.68. The fraction of sp³-hybridized carbons (Fsp3) is 0.750. The second kappa shape index (κ2) is 2.86. The molecular formula is C8H14N2O2. The SMILES string of the molecule is CC(C)(C)N1CC(=O)NC(=O)C1. The van der Waals surface area contributed by atoms with Crippen LogP contribution in [0.3, 0.4) is 0 Å². The summed E-state index contributed by atoms with van der Waals surface area (Å²) in [4.78, 5) is 23.8. The standard InChI is InChI=1S/C8H14N2O2/c1-8(2,3)10-4-6(11)9-7(12)5-10/h4-5H2,1-3H3,(H,9,11,12). The van der Waals surface area contributed by atoms with Crippen molar-refractivity contribution in [3.05, 3.63) is 0 Å². The van der Waals surface area contributed by atoms with Gasteiger partial charge in [-0.3, -0.25) is 19.8 Å². The lowest BCUT2D eigenvalue weighted by Gasteiger charge is -2.36. The van der Waals surface area contributed by atoms with Gasteiger partial charge in [-0.25, -0.2) is 0 Å². The molecule has 0 aliphatic carbocycles. The third-order valence-electron chi connectivity index (χ3n) is 1.90. The molecule has 0 aromatic carbocycles. The van der Waals surface area contributed by atoms with Crippen LogP contribution >= 0.6 is 0 Å². The molecule has 12 heavy (non-hydrogen) atoms. The van der Waals surface area contributed by atoms with E-state index in [9.17, 15) is 9.59 Å². The Balaban J connectivity index is 2.68. The zero-order valence-electron chi connectivity index (χ0n) is 7.68. The maximum absolute atomic E-state index is 11.0. The highest BCUT2D eigenvalue weighted by Crippen LogP contribution is 2.13. The van der Waals surface area contributed by atoms with Crippen molar-refractivity contribution < 1.29 is 9.59 Å². The first-order chi connectivity index (χ1) is 5.39. The van der Waals surface area contributed by atoms with E-state index in [4.69, 9.17) is 0 Å². The summed E-state index contributed by atoms with van der Waals surface area (Å²) in [5.74, 6) is -0.414. The van der Waals surface area contributed by atoms with Crippen molar-refractivity contribution in [2.75, 3.05) is 13.1 Å². The van der Waals surface area contributed by atoms with Gasteiger partial charge in [0.05, 0.1) is 13.1 Å². The van der Waals surface area contributed by atoms with Crippen molar-refractivity contribution in [1.29, 1.82) is 0 Å². The van der Waals surface area contributed by atoms with E-state index < -0.39 is 0 Å². The van der Waals surface area contributed by atoms with Crippen LogP contribution in [0.5, 0.6) is 0 Å². The Morgan fingerprint density at radius 2 is 1.58 bits per heavy atom. The van der Waals surface area contributed by atoms with Crippen molar-refractivity contribution in [2.45, 2.75) is 26.3 Å². The van der Waals surface area contributed by atoms with Crippen LogP contribution in [0.15, 0.2) is 0 Å². The first-order valence-electron chi connectivity index (χ1n) is 3.97. The molecule has 1 aliphatic rings. The molecule has 0 spiro atoms. The molecular weight excluding hydrogens is 156 g/mol. The number of hydrogen-bond donors (Lipinski definition) is 1. The van der Waals surface area contributed by atoms with Gasteiger partial charge in [0.2, 0.25) is 11.8 Å². The molecule has 2 amide bonds. The minimum Gasteiger partial charge on any atom is -0.294 e. The lowest BCUT2D eigenvalue weighted by atomic mass is 10.1. The van der Waals surface area contributed by atoms with Gasteiger partial charge in [-0.15, -0.1) is 0 Å². The average Bonchev–Trinajstić information content (AvgIpc) is 1.82. The van der Waals surface area contributed by atoms with Gasteiger partial charge in [-0.05, 0) is 20.8 Å². The normalized spacial score (nSPS) is 20.9. The molecule has 1 heterocycles. The Hall–Kier alpha value is -0.900. The quantitative estimate of drug-likeness (QED) is 0.510. The molecule has 0 bridgehead atoms. The predicted molar refractivity (Wildman–Crippen MR) is 44.5 cm³/mol.